The van der Waals surface area contributed by atoms with Crippen LogP contribution >= 0.6 is 0 Å². The maximum atomic E-state index is 12.8. The minimum absolute atomic E-state index is 0.107. The number of hydrogen-bond acceptors (Lipinski definition) is 13. The van der Waals surface area contributed by atoms with Crippen LogP contribution in [0.25, 0.3) is 0 Å². The Hall–Kier alpha value is -3.22. The number of carbonyl (C=O) groups excluding carboxylic acids is 6. The van der Waals surface area contributed by atoms with Crippen molar-refractivity contribution in [3.05, 3.63) is 0 Å². The first-order chi connectivity index (χ1) is 29.0. The minimum Gasteiger partial charge on any atom is -0.462 e. The fourth-order valence-corrected chi connectivity index (χ4v) is 6.34. The Bertz CT molecular complexity index is 972. The quantitative estimate of drug-likeness (QED) is 0.0324. The molecule has 0 unspecified atom stereocenters. The highest BCUT2D eigenvalue weighted by Gasteiger charge is 2.21. The summed E-state index contributed by atoms with van der Waals surface area (Å²) in [6.45, 7) is 8.93. The van der Waals surface area contributed by atoms with Gasteiger partial charge < -0.3 is 33.3 Å². The molecule has 0 radical (unpaired) electrons. The van der Waals surface area contributed by atoms with Crippen LogP contribution in [-0.4, -0.2) is 99.5 Å². The van der Waals surface area contributed by atoms with E-state index in [-0.39, 0.29) is 88.8 Å². The first-order valence-corrected chi connectivity index (χ1v) is 23.7. The van der Waals surface area contributed by atoms with Crippen molar-refractivity contribution >= 4 is 35.8 Å². The van der Waals surface area contributed by atoms with E-state index in [1.807, 2.05) is 11.9 Å². The van der Waals surface area contributed by atoms with E-state index < -0.39 is 24.1 Å². The maximum Gasteiger partial charge on any atom is 0.306 e. The summed E-state index contributed by atoms with van der Waals surface area (Å²) in [5, 5.41) is 0. The molecule has 0 rings (SSSR count). The van der Waals surface area contributed by atoms with Crippen LogP contribution in [0.1, 0.15) is 207 Å². The van der Waals surface area contributed by atoms with Gasteiger partial charge in [-0.05, 0) is 58.7 Å². The molecule has 0 aliphatic carbocycles. The Balaban J connectivity index is 4.85. The number of nitrogens with zero attached hydrogens (tertiary/aromatic N) is 1. The summed E-state index contributed by atoms with van der Waals surface area (Å²) < 4.78 is 32.8. The normalized spacial score (nSPS) is 11.2. The van der Waals surface area contributed by atoms with Crippen molar-refractivity contribution in [1.82, 2.24) is 4.90 Å². The van der Waals surface area contributed by atoms with Crippen molar-refractivity contribution in [3.8, 4) is 0 Å². The number of ether oxygens (including phenoxy) is 6. The Morgan fingerprint density at radius 2 is 0.567 bits per heavy atom. The van der Waals surface area contributed by atoms with Gasteiger partial charge in [0.15, 0.2) is 12.2 Å². The van der Waals surface area contributed by atoms with E-state index in [2.05, 4.69) is 27.7 Å². The predicted octanol–water partition coefficient (Wildman–Crippen LogP) is 9.92. The van der Waals surface area contributed by atoms with Gasteiger partial charge in [-0.3, -0.25) is 28.8 Å². The van der Waals surface area contributed by atoms with E-state index in [0.717, 1.165) is 128 Å². The van der Waals surface area contributed by atoms with Crippen LogP contribution in [0.2, 0.25) is 0 Å². The number of rotatable bonds is 42. The summed E-state index contributed by atoms with van der Waals surface area (Å²) >= 11 is 0. The fraction of sp³-hybridized carbons (Fsp3) is 0.872. The lowest BCUT2D eigenvalue weighted by Gasteiger charge is -2.20. The van der Waals surface area contributed by atoms with Gasteiger partial charge in [-0.2, -0.15) is 0 Å². The van der Waals surface area contributed by atoms with Crippen LogP contribution in [0.5, 0.6) is 0 Å². The van der Waals surface area contributed by atoms with Gasteiger partial charge >= 0.3 is 35.8 Å². The standard InChI is InChI=1S/C47H85NO12/c1-6-10-14-18-22-28-42(49)55-36-40(37-56-43(50)29-23-19-15-11-7-2)59-46(53)32-26-34-48(5)35-27-33-47(54)60-41(38-57-44(51)30-24-20-16-12-8-3)39-58-45(52)31-25-21-17-13-9-4/h40-41H,6-39H2,1-5H3. The Morgan fingerprint density at radius 3 is 0.817 bits per heavy atom. The molecule has 0 heterocycles. The van der Waals surface area contributed by atoms with E-state index in [0.29, 0.717) is 25.9 Å². The predicted molar refractivity (Wildman–Crippen MR) is 233 cm³/mol. The van der Waals surface area contributed by atoms with Gasteiger partial charge in [0, 0.05) is 38.5 Å². The molecule has 0 amide bonds. The van der Waals surface area contributed by atoms with Crippen LogP contribution in [0, 0.1) is 0 Å². The molecule has 0 aromatic heterocycles. The van der Waals surface area contributed by atoms with Gasteiger partial charge in [0.25, 0.3) is 0 Å². The van der Waals surface area contributed by atoms with Gasteiger partial charge in [-0.15, -0.1) is 0 Å². The molecule has 60 heavy (non-hydrogen) atoms. The van der Waals surface area contributed by atoms with E-state index in [9.17, 15) is 28.8 Å². The molecule has 13 nitrogen and oxygen atoms in total. The molecule has 0 spiro atoms. The highest BCUT2D eigenvalue weighted by atomic mass is 16.6. The minimum atomic E-state index is -0.892. The molecule has 350 valence electrons. The average molecular weight is 856 g/mol. The summed E-state index contributed by atoms with van der Waals surface area (Å²) in [5.74, 6) is -2.43. The maximum absolute atomic E-state index is 12.8. The lowest BCUT2D eigenvalue weighted by molar-refractivity contribution is -0.167. The fourth-order valence-electron chi connectivity index (χ4n) is 6.34. The molecule has 0 aliphatic rings. The second-order valence-corrected chi connectivity index (χ2v) is 16.1. The monoisotopic (exact) mass is 856 g/mol. The molecule has 13 heteroatoms. The lowest BCUT2D eigenvalue weighted by Crippen LogP contribution is -2.31. The summed E-state index contributed by atoms with van der Waals surface area (Å²) in [6, 6.07) is 0. The van der Waals surface area contributed by atoms with E-state index >= 15 is 0 Å². The third-order valence-electron chi connectivity index (χ3n) is 10.1. The van der Waals surface area contributed by atoms with Crippen molar-refractivity contribution in [3.63, 3.8) is 0 Å². The zero-order chi connectivity index (χ0) is 44.5. The second-order valence-electron chi connectivity index (χ2n) is 16.1. The molecule has 0 N–H and O–H groups in total. The smallest absolute Gasteiger partial charge is 0.306 e. The molecule has 0 saturated heterocycles. The molecular formula is C47H85NO12. The van der Waals surface area contributed by atoms with Gasteiger partial charge in [0.1, 0.15) is 26.4 Å². The molecule has 0 atom stereocenters. The van der Waals surface area contributed by atoms with E-state index in [4.69, 9.17) is 28.4 Å². The second kappa shape index (κ2) is 41.1. The third kappa shape index (κ3) is 37.8. The molecule has 0 aromatic carbocycles. The van der Waals surface area contributed by atoms with Crippen LogP contribution in [-0.2, 0) is 57.2 Å². The highest BCUT2D eigenvalue weighted by molar-refractivity contribution is 5.72. The summed E-state index contributed by atoms with van der Waals surface area (Å²) in [7, 11) is 1.88. The van der Waals surface area contributed by atoms with E-state index in [1.54, 1.807) is 0 Å². The van der Waals surface area contributed by atoms with Crippen LogP contribution in [0.3, 0.4) is 0 Å². The van der Waals surface area contributed by atoms with Crippen molar-refractivity contribution in [2.45, 2.75) is 220 Å². The number of hydrogen-bond donors (Lipinski definition) is 0. The molecule has 0 aliphatic heterocycles. The number of carbonyl (C=O) groups is 6. The van der Waals surface area contributed by atoms with Gasteiger partial charge in [0.2, 0.25) is 0 Å². The third-order valence-corrected chi connectivity index (χ3v) is 10.1. The molecule has 0 fully saturated rings. The van der Waals surface area contributed by atoms with Crippen molar-refractivity contribution in [2.24, 2.45) is 0 Å². The zero-order valence-corrected chi connectivity index (χ0v) is 38.5. The molecule has 0 saturated carbocycles. The van der Waals surface area contributed by atoms with Gasteiger partial charge in [0.05, 0.1) is 0 Å². The Kier molecular flexibility index (Phi) is 38.9. The summed E-state index contributed by atoms with van der Waals surface area (Å²) in [5.41, 5.74) is 0. The summed E-state index contributed by atoms with van der Waals surface area (Å²) in [4.78, 5) is 76.9. The SMILES string of the molecule is CCCCCCCC(=O)OCC(COC(=O)CCCCCCC)OC(=O)CCCN(C)CCCC(=O)OC(COC(=O)CCCCCCC)COC(=O)CCCCCCC. The first kappa shape index (κ1) is 56.8. The van der Waals surface area contributed by atoms with E-state index in [1.165, 1.54) is 0 Å². The molecule has 0 bridgehead atoms. The highest BCUT2D eigenvalue weighted by Crippen LogP contribution is 2.12. The number of unbranched alkanes of at least 4 members (excludes halogenated alkanes) is 16. The molecular weight excluding hydrogens is 771 g/mol. The lowest BCUT2D eigenvalue weighted by atomic mass is 10.1. The van der Waals surface area contributed by atoms with Crippen molar-refractivity contribution < 1.29 is 57.2 Å². The van der Waals surface area contributed by atoms with Crippen LogP contribution < -0.4 is 0 Å². The van der Waals surface area contributed by atoms with Gasteiger partial charge in [-0.1, -0.05) is 130 Å². The topological polar surface area (TPSA) is 161 Å². The molecule has 0 aromatic rings. The van der Waals surface area contributed by atoms with Crippen LogP contribution in [0.15, 0.2) is 0 Å². The zero-order valence-electron chi connectivity index (χ0n) is 38.5. The Morgan fingerprint density at radius 1 is 0.333 bits per heavy atom. The average Bonchev–Trinajstić information content (AvgIpc) is 3.22. The number of esters is 6. The van der Waals surface area contributed by atoms with Crippen molar-refractivity contribution in [1.29, 1.82) is 0 Å². The first-order valence-electron chi connectivity index (χ1n) is 23.7. The van der Waals surface area contributed by atoms with Crippen molar-refractivity contribution in [2.75, 3.05) is 46.6 Å². The Labute approximate surface area is 363 Å². The largest absolute Gasteiger partial charge is 0.462 e. The summed E-state index contributed by atoms with van der Waals surface area (Å²) in [6.07, 6.45) is 20.5. The van der Waals surface area contributed by atoms with Crippen LogP contribution in [0.4, 0.5) is 0 Å². The van der Waals surface area contributed by atoms with Gasteiger partial charge in [-0.25, -0.2) is 0 Å².